The van der Waals surface area contributed by atoms with Gasteiger partial charge in [-0.15, -0.1) is 0 Å². The van der Waals surface area contributed by atoms with E-state index in [4.69, 9.17) is 10.5 Å². The molecule has 0 aliphatic rings. The van der Waals surface area contributed by atoms with Crippen molar-refractivity contribution in [3.8, 4) is 5.75 Å². The van der Waals surface area contributed by atoms with Crippen LogP contribution in [0.4, 0.5) is 11.4 Å². The number of pyridine rings is 1. The first-order chi connectivity index (χ1) is 8.29. The molecule has 0 saturated heterocycles. The van der Waals surface area contributed by atoms with Crippen molar-refractivity contribution >= 4 is 11.4 Å². The highest BCUT2D eigenvalue weighted by Gasteiger charge is 2.01. The Kier molecular flexibility index (Phi) is 3.45. The molecule has 4 heteroatoms. The molecule has 0 radical (unpaired) electrons. The monoisotopic (exact) mass is 229 g/mol. The molecule has 1 aromatic heterocycles. The van der Waals surface area contributed by atoms with E-state index in [1.807, 2.05) is 30.3 Å². The maximum absolute atomic E-state index is 5.69. The summed E-state index contributed by atoms with van der Waals surface area (Å²) < 4.78 is 5.25. The molecule has 4 nitrogen and oxygen atoms in total. The van der Waals surface area contributed by atoms with E-state index in [0.29, 0.717) is 6.54 Å². The Hall–Kier alpha value is -2.23. The fourth-order valence-electron chi connectivity index (χ4n) is 1.57. The van der Waals surface area contributed by atoms with Gasteiger partial charge in [0.15, 0.2) is 0 Å². The van der Waals surface area contributed by atoms with Crippen LogP contribution in [-0.2, 0) is 6.54 Å². The van der Waals surface area contributed by atoms with Gasteiger partial charge in [0.25, 0.3) is 0 Å². The molecule has 3 N–H and O–H groups in total. The SMILES string of the molecule is COc1ccccc1NCc1cc(N)ccn1. The van der Waals surface area contributed by atoms with Crippen molar-refractivity contribution in [3.05, 3.63) is 48.3 Å². The van der Waals surface area contributed by atoms with E-state index in [0.717, 1.165) is 22.8 Å². The average molecular weight is 229 g/mol. The third kappa shape index (κ3) is 2.87. The van der Waals surface area contributed by atoms with E-state index in [-0.39, 0.29) is 0 Å². The number of anilines is 2. The molecule has 2 rings (SSSR count). The van der Waals surface area contributed by atoms with Crippen LogP contribution in [0.2, 0.25) is 0 Å². The lowest BCUT2D eigenvalue weighted by atomic mass is 10.2. The molecule has 1 aromatic carbocycles. The Balaban J connectivity index is 2.07. The maximum Gasteiger partial charge on any atom is 0.141 e. The van der Waals surface area contributed by atoms with E-state index >= 15 is 0 Å². The van der Waals surface area contributed by atoms with Gasteiger partial charge in [-0.2, -0.15) is 0 Å². The molecular weight excluding hydrogens is 214 g/mol. The summed E-state index contributed by atoms with van der Waals surface area (Å²) in [5.41, 5.74) is 8.25. The Bertz CT molecular complexity index is 500. The van der Waals surface area contributed by atoms with Gasteiger partial charge < -0.3 is 15.8 Å². The summed E-state index contributed by atoms with van der Waals surface area (Å²) in [4.78, 5) is 4.23. The number of methoxy groups -OCH3 is 1. The number of para-hydroxylation sites is 2. The summed E-state index contributed by atoms with van der Waals surface area (Å²) in [6.45, 7) is 0.616. The van der Waals surface area contributed by atoms with E-state index in [2.05, 4.69) is 10.3 Å². The Labute approximate surface area is 100 Å². The quantitative estimate of drug-likeness (QED) is 0.844. The second-order valence-electron chi connectivity index (χ2n) is 3.63. The van der Waals surface area contributed by atoms with Crippen LogP contribution in [0.15, 0.2) is 42.6 Å². The van der Waals surface area contributed by atoms with Gasteiger partial charge in [-0.3, -0.25) is 4.98 Å². The van der Waals surface area contributed by atoms with Crippen molar-refractivity contribution < 1.29 is 4.74 Å². The van der Waals surface area contributed by atoms with Gasteiger partial charge in [0, 0.05) is 11.9 Å². The zero-order valence-electron chi connectivity index (χ0n) is 9.68. The predicted octanol–water partition coefficient (Wildman–Crippen LogP) is 2.28. The van der Waals surface area contributed by atoms with Crippen LogP contribution in [0, 0.1) is 0 Å². The van der Waals surface area contributed by atoms with Crippen LogP contribution in [0.3, 0.4) is 0 Å². The van der Waals surface area contributed by atoms with Gasteiger partial charge in [-0.25, -0.2) is 0 Å². The Morgan fingerprint density at radius 1 is 1.29 bits per heavy atom. The zero-order valence-corrected chi connectivity index (χ0v) is 9.68. The van der Waals surface area contributed by atoms with Gasteiger partial charge in [0.05, 0.1) is 25.0 Å². The fourth-order valence-corrected chi connectivity index (χ4v) is 1.57. The molecule has 0 atom stereocenters. The number of aromatic nitrogens is 1. The molecule has 0 amide bonds. The molecule has 0 saturated carbocycles. The molecule has 0 aliphatic heterocycles. The van der Waals surface area contributed by atoms with E-state index in [1.54, 1.807) is 19.4 Å². The smallest absolute Gasteiger partial charge is 0.141 e. The molecule has 0 fully saturated rings. The number of nitrogen functional groups attached to an aromatic ring is 1. The summed E-state index contributed by atoms with van der Waals surface area (Å²) in [5.74, 6) is 0.816. The van der Waals surface area contributed by atoms with Crippen LogP contribution in [0.5, 0.6) is 5.75 Å². The van der Waals surface area contributed by atoms with E-state index < -0.39 is 0 Å². The first kappa shape index (κ1) is 11.3. The van der Waals surface area contributed by atoms with Crippen molar-refractivity contribution in [2.45, 2.75) is 6.54 Å². The number of hydrogen-bond donors (Lipinski definition) is 2. The first-order valence-corrected chi connectivity index (χ1v) is 5.37. The molecule has 0 bridgehead atoms. The lowest BCUT2D eigenvalue weighted by Crippen LogP contribution is -2.03. The number of benzene rings is 1. The standard InChI is InChI=1S/C13H15N3O/c1-17-13-5-3-2-4-12(13)16-9-11-8-10(14)6-7-15-11/h2-8,16H,9H2,1H3,(H2,14,15). The Morgan fingerprint density at radius 3 is 2.88 bits per heavy atom. The average Bonchev–Trinajstić information content (AvgIpc) is 2.37. The predicted molar refractivity (Wildman–Crippen MR) is 69.0 cm³/mol. The van der Waals surface area contributed by atoms with E-state index in [1.165, 1.54) is 0 Å². The summed E-state index contributed by atoms with van der Waals surface area (Å²) in [7, 11) is 1.65. The molecule has 0 spiro atoms. The minimum atomic E-state index is 0.616. The summed E-state index contributed by atoms with van der Waals surface area (Å²) in [6, 6.07) is 11.4. The highest BCUT2D eigenvalue weighted by Crippen LogP contribution is 2.23. The minimum absolute atomic E-state index is 0.616. The lowest BCUT2D eigenvalue weighted by molar-refractivity contribution is 0.416. The first-order valence-electron chi connectivity index (χ1n) is 5.37. The zero-order chi connectivity index (χ0) is 12.1. The Morgan fingerprint density at radius 2 is 2.12 bits per heavy atom. The minimum Gasteiger partial charge on any atom is -0.495 e. The summed E-state index contributed by atoms with van der Waals surface area (Å²) in [5, 5.41) is 3.26. The summed E-state index contributed by atoms with van der Waals surface area (Å²) >= 11 is 0. The van der Waals surface area contributed by atoms with Gasteiger partial charge in [-0.1, -0.05) is 12.1 Å². The number of nitrogens with zero attached hydrogens (tertiary/aromatic N) is 1. The molecule has 17 heavy (non-hydrogen) atoms. The van der Waals surface area contributed by atoms with Gasteiger partial charge in [0.1, 0.15) is 5.75 Å². The third-order valence-electron chi connectivity index (χ3n) is 2.41. The largest absolute Gasteiger partial charge is 0.495 e. The van der Waals surface area contributed by atoms with Crippen LogP contribution in [0.25, 0.3) is 0 Å². The third-order valence-corrected chi connectivity index (χ3v) is 2.41. The van der Waals surface area contributed by atoms with E-state index in [9.17, 15) is 0 Å². The molecule has 0 aliphatic carbocycles. The van der Waals surface area contributed by atoms with Crippen LogP contribution >= 0.6 is 0 Å². The van der Waals surface area contributed by atoms with Gasteiger partial charge in [0.2, 0.25) is 0 Å². The topological polar surface area (TPSA) is 60.2 Å². The molecule has 88 valence electrons. The highest BCUT2D eigenvalue weighted by molar-refractivity contribution is 5.56. The van der Waals surface area contributed by atoms with Crippen molar-refractivity contribution in [2.24, 2.45) is 0 Å². The lowest BCUT2D eigenvalue weighted by Gasteiger charge is -2.10. The molecule has 0 unspecified atom stereocenters. The van der Waals surface area contributed by atoms with Crippen molar-refractivity contribution in [2.75, 3.05) is 18.2 Å². The number of nitrogens with one attached hydrogen (secondary N) is 1. The van der Waals surface area contributed by atoms with Gasteiger partial charge >= 0.3 is 0 Å². The second-order valence-corrected chi connectivity index (χ2v) is 3.63. The molecule has 1 heterocycles. The van der Waals surface area contributed by atoms with Crippen LogP contribution in [0.1, 0.15) is 5.69 Å². The second kappa shape index (κ2) is 5.21. The number of ether oxygens (including phenoxy) is 1. The van der Waals surface area contributed by atoms with Gasteiger partial charge in [-0.05, 0) is 24.3 Å². The normalized spacial score (nSPS) is 9.94. The number of rotatable bonds is 4. The van der Waals surface area contributed by atoms with Crippen molar-refractivity contribution in [3.63, 3.8) is 0 Å². The fraction of sp³-hybridized carbons (Fsp3) is 0.154. The van der Waals surface area contributed by atoms with Crippen molar-refractivity contribution in [1.29, 1.82) is 0 Å². The van der Waals surface area contributed by atoms with Crippen molar-refractivity contribution in [1.82, 2.24) is 4.98 Å². The number of nitrogens with two attached hydrogens (primary N) is 1. The summed E-state index contributed by atoms with van der Waals surface area (Å²) in [6.07, 6.45) is 1.70. The number of hydrogen-bond acceptors (Lipinski definition) is 4. The molecule has 2 aromatic rings. The van der Waals surface area contributed by atoms with Crippen LogP contribution in [-0.4, -0.2) is 12.1 Å². The van der Waals surface area contributed by atoms with Crippen LogP contribution < -0.4 is 15.8 Å². The maximum atomic E-state index is 5.69. The molecular formula is C13H15N3O. The highest BCUT2D eigenvalue weighted by atomic mass is 16.5.